The number of aliphatic imine (C=N–C) groups is 1. The highest BCUT2D eigenvalue weighted by atomic mass is 16.5. The van der Waals surface area contributed by atoms with Gasteiger partial charge >= 0.3 is 0 Å². The van der Waals surface area contributed by atoms with Crippen molar-refractivity contribution in [1.29, 1.82) is 0 Å². The standard InChI is InChI=1S/C25H34N4O3/c1-18(2)32-23-11-9-22(10-12-23)29-25(27-13-4-14-31-17-19-7-8-19)28-16-20-5-3-6-21(15-20)24(26)30/h3,5-6,9-12,15,18-19H,4,7-8,13-14,16-17H2,1-2H3,(H2,26,30)(H2,27,28,29). The number of hydrogen-bond donors (Lipinski definition) is 3. The molecule has 0 aliphatic heterocycles. The molecular formula is C25H34N4O3. The number of rotatable bonds is 12. The predicted octanol–water partition coefficient (Wildman–Crippen LogP) is 3.95. The Kier molecular flexibility index (Phi) is 8.92. The number of nitrogens with two attached hydrogens (primary N) is 1. The van der Waals surface area contributed by atoms with Gasteiger partial charge in [-0.3, -0.25) is 4.79 Å². The highest BCUT2D eigenvalue weighted by Crippen LogP contribution is 2.28. The fourth-order valence-electron chi connectivity index (χ4n) is 3.07. The third-order valence-electron chi connectivity index (χ3n) is 4.93. The number of carbonyl (C=O) groups excluding carboxylic acids is 1. The third kappa shape index (κ3) is 8.59. The lowest BCUT2D eigenvalue weighted by Crippen LogP contribution is -2.32. The number of nitrogens with zero attached hydrogens (tertiary/aromatic N) is 1. The third-order valence-corrected chi connectivity index (χ3v) is 4.93. The van der Waals surface area contributed by atoms with Crippen molar-refractivity contribution in [3.05, 3.63) is 59.7 Å². The second-order valence-corrected chi connectivity index (χ2v) is 8.34. The second kappa shape index (κ2) is 12.1. The van der Waals surface area contributed by atoms with Crippen molar-refractivity contribution in [2.24, 2.45) is 16.6 Å². The fraction of sp³-hybridized carbons (Fsp3) is 0.440. The molecule has 2 aromatic carbocycles. The summed E-state index contributed by atoms with van der Waals surface area (Å²) in [5, 5.41) is 6.70. The van der Waals surface area contributed by atoms with Crippen LogP contribution in [0, 0.1) is 5.92 Å². The summed E-state index contributed by atoms with van der Waals surface area (Å²) in [7, 11) is 0. The Bertz CT molecular complexity index is 892. The summed E-state index contributed by atoms with van der Waals surface area (Å²) < 4.78 is 11.4. The average molecular weight is 439 g/mol. The summed E-state index contributed by atoms with van der Waals surface area (Å²) in [6.45, 7) is 6.78. The van der Waals surface area contributed by atoms with Gasteiger partial charge in [0.05, 0.1) is 12.6 Å². The normalized spacial score (nSPS) is 13.8. The first-order valence-corrected chi connectivity index (χ1v) is 11.3. The van der Waals surface area contributed by atoms with E-state index < -0.39 is 5.91 Å². The minimum absolute atomic E-state index is 0.130. The van der Waals surface area contributed by atoms with Crippen molar-refractivity contribution in [1.82, 2.24) is 5.32 Å². The molecule has 0 bridgehead atoms. The summed E-state index contributed by atoms with van der Waals surface area (Å²) in [4.78, 5) is 16.1. The van der Waals surface area contributed by atoms with E-state index in [-0.39, 0.29) is 6.10 Å². The summed E-state index contributed by atoms with van der Waals surface area (Å²) in [6.07, 6.45) is 3.63. The lowest BCUT2D eigenvalue weighted by Gasteiger charge is -2.14. The Morgan fingerprint density at radius 2 is 1.97 bits per heavy atom. The van der Waals surface area contributed by atoms with Crippen LogP contribution in [0.5, 0.6) is 5.75 Å². The first-order chi connectivity index (χ1) is 15.5. The topological polar surface area (TPSA) is 98.0 Å². The molecule has 2 aromatic rings. The van der Waals surface area contributed by atoms with Crippen LogP contribution in [0.25, 0.3) is 0 Å². The van der Waals surface area contributed by atoms with E-state index in [9.17, 15) is 4.79 Å². The molecule has 1 aliphatic rings. The number of primary amides is 1. The summed E-state index contributed by atoms with van der Waals surface area (Å²) in [5.41, 5.74) is 7.69. The molecule has 172 valence electrons. The number of guanidine groups is 1. The van der Waals surface area contributed by atoms with Crippen LogP contribution in [0.3, 0.4) is 0 Å². The number of anilines is 1. The van der Waals surface area contributed by atoms with Crippen molar-refractivity contribution in [3.8, 4) is 5.75 Å². The average Bonchev–Trinajstić information content (AvgIpc) is 3.60. The van der Waals surface area contributed by atoms with Crippen LogP contribution in [0.2, 0.25) is 0 Å². The molecule has 0 unspecified atom stereocenters. The van der Waals surface area contributed by atoms with E-state index in [0.29, 0.717) is 18.1 Å². The number of ether oxygens (including phenoxy) is 2. The van der Waals surface area contributed by atoms with Gasteiger partial charge in [-0.25, -0.2) is 4.99 Å². The van der Waals surface area contributed by atoms with Gasteiger partial charge in [0.25, 0.3) is 0 Å². The zero-order valence-corrected chi connectivity index (χ0v) is 19.0. The number of amides is 1. The van der Waals surface area contributed by atoms with Gasteiger partial charge in [0.15, 0.2) is 5.96 Å². The van der Waals surface area contributed by atoms with Gasteiger partial charge < -0.3 is 25.8 Å². The molecule has 4 N–H and O–H groups in total. The van der Waals surface area contributed by atoms with Crippen molar-refractivity contribution in [2.75, 3.05) is 25.1 Å². The Morgan fingerprint density at radius 1 is 1.19 bits per heavy atom. The van der Waals surface area contributed by atoms with Crippen molar-refractivity contribution >= 4 is 17.6 Å². The summed E-state index contributed by atoms with van der Waals surface area (Å²) in [5.74, 6) is 1.82. The first-order valence-electron chi connectivity index (χ1n) is 11.3. The van der Waals surface area contributed by atoms with Gasteiger partial charge in [-0.1, -0.05) is 12.1 Å². The van der Waals surface area contributed by atoms with Crippen molar-refractivity contribution in [2.45, 2.75) is 45.8 Å². The maximum atomic E-state index is 11.4. The molecule has 1 fully saturated rings. The molecule has 1 saturated carbocycles. The van der Waals surface area contributed by atoms with Crippen LogP contribution < -0.4 is 21.1 Å². The van der Waals surface area contributed by atoms with Crippen LogP contribution in [0.4, 0.5) is 5.69 Å². The number of benzene rings is 2. The maximum absolute atomic E-state index is 11.4. The molecule has 7 nitrogen and oxygen atoms in total. The predicted molar refractivity (Wildman–Crippen MR) is 128 cm³/mol. The first kappa shape index (κ1) is 23.6. The quantitative estimate of drug-likeness (QED) is 0.265. The van der Waals surface area contributed by atoms with Crippen LogP contribution >= 0.6 is 0 Å². The van der Waals surface area contributed by atoms with Gasteiger partial charge in [-0.15, -0.1) is 0 Å². The maximum Gasteiger partial charge on any atom is 0.248 e. The molecule has 3 rings (SSSR count). The Balaban J connectivity index is 1.59. The molecular weight excluding hydrogens is 404 g/mol. The van der Waals surface area contributed by atoms with Crippen LogP contribution in [-0.2, 0) is 11.3 Å². The zero-order valence-electron chi connectivity index (χ0n) is 19.0. The summed E-state index contributed by atoms with van der Waals surface area (Å²) >= 11 is 0. The van der Waals surface area contributed by atoms with Gasteiger partial charge in [-0.05, 0) is 81.0 Å². The van der Waals surface area contributed by atoms with E-state index in [1.807, 2.05) is 50.2 Å². The van der Waals surface area contributed by atoms with Crippen LogP contribution in [-0.4, -0.2) is 37.7 Å². The van der Waals surface area contributed by atoms with E-state index in [1.54, 1.807) is 12.1 Å². The zero-order chi connectivity index (χ0) is 22.8. The number of hydrogen-bond acceptors (Lipinski definition) is 4. The van der Waals surface area contributed by atoms with Crippen LogP contribution in [0.1, 0.15) is 49.0 Å². The lowest BCUT2D eigenvalue weighted by atomic mass is 10.1. The van der Waals surface area contributed by atoms with E-state index in [0.717, 1.165) is 49.1 Å². The van der Waals surface area contributed by atoms with Crippen molar-refractivity contribution in [3.63, 3.8) is 0 Å². The van der Waals surface area contributed by atoms with E-state index in [1.165, 1.54) is 12.8 Å². The van der Waals surface area contributed by atoms with Gasteiger partial charge in [0.2, 0.25) is 5.91 Å². The van der Waals surface area contributed by atoms with E-state index in [4.69, 9.17) is 15.2 Å². The fourth-order valence-corrected chi connectivity index (χ4v) is 3.07. The minimum Gasteiger partial charge on any atom is -0.491 e. The smallest absolute Gasteiger partial charge is 0.248 e. The molecule has 0 saturated heterocycles. The molecule has 0 atom stereocenters. The van der Waals surface area contributed by atoms with E-state index >= 15 is 0 Å². The highest BCUT2D eigenvalue weighted by Gasteiger charge is 2.20. The van der Waals surface area contributed by atoms with E-state index in [2.05, 4.69) is 15.6 Å². The molecule has 0 radical (unpaired) electrons. The van der Waals surface area contributed by atoms with Gasteiger partial charge in [0, 0.05) is 31.0 Å². The Morgan fingerprint density at radius 3 is 2.66 bits per heavy atom. The van der Waals surface area contributed by atoms with Crippen LogP contribution in [0.15, 0.2) is 53.5 Å². The summed E-state index contributed by atoms with van der Waals surface area (Å²) in [6, 6.07) is 15.0. The van der Waals surface area contributed by atoms with Crippen molar-refractivity contribution < 1.29 is 14.3 Å². The molecule has 0 heterocycles. The molecule has 7 heteroatoms. The number of carbonyl (C=O) groups is 1. The molecule has 1 aliphatic carbocycles. The SMILES string of the molecule is CC(C)Oc1ccc(NC(=NCc2cccc(C(N)=O)c2)NCCCOCC2CC2)cc1. The number of nitrogens with one attached hydrogen (secondary N) is 2. The molecule has 0 aromatic heterocycles. The minimum atomic E-state index is -0.442. The monoisotopic (exact) mass is 438 g/mol. The highest BCUT2D eigenvalue weighted by molar-refractivity contribution is 5.94. The lowest BCUT2D eigenvalue weighted by molar-refractivity contribution is 0.1000. The second-order valence-electron chi connectivity index (χ2n) is 8.34. The Hall–Kier alpha value is -3.06. The largest absolute Gasteiger partial charge is 0.491 e. The van der Waals surface area contributed by atoms with Gasteiger partial charge in [-0.2, -0.15) is 0 Å². The molecule has 0 spiro atoms. The molecule has 1 amide bonds. The van der Waals surface area contributed by atoms with Gasteiger partial charge in [0.1, 0.15) is 5.75 Å². The Labute approximate surface area is 190 Å². The molecule has 32 heavy (non-hydrogen) atoms.